The summed E-state index contributed by atoms with van der Waals surface area (Å²) in [6, 6.07) is 24.4. The van der Waals surface area contributed by atoms with Crippen LogP contribution in [0.4, 0.5) is 0 Å². The van der Waals surface area contributed by atoms with E-state index in [-0.39, 0.29) is 11.8 Å². The molecule has 0 aromatic heterocycles. The monoisotopic (exact) mass is 590 g/mol. The molecule has 0 spiro atoms. The normalized spacial score (nSPS) is 11.0. The lowest BCUT2D eigenvalue weighted by Gasteiger charge is -2.13. The number of carbonyl (C=O) groups excluding carboxylic acids is 2. The Bertz CT molecular complexity index is 1420. The number of hydrogen-bond acceptors (Lipinski definition) is 4. The summed E-state index contributed by atoms with van der Waals surface area (Å²) < 4.78 is 0. The maximum Gasteiger partial charge on any atom is 0.251 e. The van der Waals surface area contributed by atoms with E-state index in [2.05, 4.69) is 87.1 Å². The van der Waals surface area contributed by atoms with Gasteiger partial charge in [0.2, 0.25) is 0 Å². The topological polar surface area (TPSA) is 82.3 Å². The predicted molar refractivity (Wildman–Crippen MR) is 183 cm³/mol. The van der Waals surface area contributed by atoms with Crippen molar-refractivity contribution in [3.05, 3.63) is 117 Å². The van der Waals surface area contributed by atoms with E-state index in [9.17, 15) is 9.59 Å². The lowest BCUT2D eigenvalue weighted by Crippen LogP contribution is -2.37. The van der Waals surface area contributed by atoms with Crippen LogP contribution in [-0.2, 0) is 0 Å². The quantitative estimate of drug-likeness (QED) is 0.140. The first-order chi connectivity index (χ1) is 21.1. The van der Waals surface area contributed by atoms with Crippen molar-refractivity contribution in [2.75, 3.05) is 39.3 Å². The lowest BCUT2D eigenvalue weighted by molar-refractivity contribution is 0.0945. The third kappa shape index (κ3) is 8.65. The fourth-order valence-corrected chi connectivity index (χ4v) is 6.01. The molecule has 0 saturated carbocycles. The van der Waals surface area contributed by atoms with Crippen LogP contribution in [0, 0.1) is 41.5 Å². The number of nitrogens with one attached hydrogen (secondary N) is 4. The van der Waals surface area contributed by atoms with Gasteiger partial charge >= 0.3 is 0 Å². The van der Waals surface area contributed by atoms with E-state index < -0.39 is 0 Å². The molecule has 44 heavy (non-hydrogen) atoms. The van der Waals surface area contributed by atoms with Crippen LogP contribution in [0.3, 0.4) is 0 Å². The fourth-order valence-electron chi connectivity index (χ4n) is 6.01. The summed E-state index contributed by atoms with van der Waals surface area (Å²) in [7, 11) is 0. The van der Waals surface area contributed by atoms with Crippen LogP contribution in [0.1, 0.15) is 54.1 Å². The zero-order chi connectivity index (χ0) is 31.6. The van der Waals surface area contributed by atoms with E-state index in [1.165, 1.54) is 44.5 Å². The first-order valence-electron chi connectivity index (χ1n) is 15.5. The Morgan fingerprint density at radius 1 is 0.455 bits per heavy atom. The second-order valence-corrected chi connectivity index (χ2v) is 11.7. The molecule has 0 radical (unpaired) electrons. The van der Waals surface area contributed by atoms with Crippen molar-refractivity contribution >= 4 is 11.8 Å². The third-order valence-electron chi connectivity index (χ3n) is 7.88. The molecule has 0 atom stereocenters. The summed E-state index contributed by atoms with van der Waals surface area (Å²) >= 11 is 0. The average Bonchev–Trinajstić information content (AvgIpc) is 2.97. The first kappa shape index (κ1) is 32.6. The minimum atomic E-state index is -0.0698. The maximum absolute atomic E-state index is 12.6. The van der Waals surface area contributed by atoms with E-state index in [1.807, 2.05) is 48.5 Å². The number of benzene rings is 4. The molecule has 230 valence electrons. The molecule has 4 aromatic rings. The second kappa shape index (κ2) is 15.5. The van der Waals surface area contributed by atoms with E-state index in [0.29, 0.717) is 37.3 Å². The van der Waals surface area contributed by atoms with Crippen molar-refractivity contribution in [1.82, 2.24) is 21.3 Å². The molecule has 0 aliphatic rings. The van der Waals surface area contributed by atoms with Crippen LogP contribution < -0.4 is 21.3 Å². The molecule has 0 aliphatic heterocycles. The van der Waals surface area contributed by atoms with Crippen molar-refractivity contribution in [3.8, 4) is 22.3 Å². The zero-order valence-electron chi connectivity index (χ0n) is 27.0. The molecule has 0 saturated heterocycles. The maximum atomic E-state index is 12.6. The van der Waals surface area contributed by atoms with Crippen LogP contribution in [0.25, 0.3) is 22.3 Å². The van der Waals surface area contributed by atoms with Crippen LogP contribution in [-0.4, -0.2) is 51.1 Å². The summed E-state index contributed by atoms with van der Waals surface area (Å²) in [6.45, 7) is 16.7. The van der Waals surface area contributed by atoms with Gasteiger partial charge in [0, 0.05) is 50.4 Å². The smallest absolute Gasteiger partial charge is 0.251 e. The summed E-state index contributed by atoms with van der Waals surface area (Å²) in [6.07, 6.45) is 0. The minimum absolute atomic E-state index is 0.0698. The highest BCUT2D eigenvalue weighted by molar-refractivity contribution is 5.95. The molecular weight excluding hydrogens is 544 g/mol. The molecule has 0 aliphatic carbocycles. The van der Waals surface area contributed by atoms with Gasteiger partial charge in [-0.2, -0.15) is 0 Å². The van der Waals surface area contributed by atoms with Crippen LogP contribution >= 0.6 is 0 Å². The Morgan fingerprint density at radius 3 is 1.07 bits per heavy atom. The van der Waals surface area contributed by atoms with Crippen LogP contribution in [0.5, 0.6) is 0 Å². The van der Waals surface area contributed by atoms with Gasteiger partial charge in [-0.05, 0) is 110 Å². The highest BCUT2D eigenvalue weighted by atomic mass is 16.2. The van der Waals surface area contributed by atoms with E-state index in [0.717, 1.165) is 24.2 Å². The van der Waals surface area contributed by atoms with Crippen molar-refractivity contribution in [2.45, 2.75) is 41.5 Å². The van der Waals surface area contributed by atoms with Crippen LogP contribution in [0.15, 0.2) is 72.8 Å². The van der Waals surface area contributed by atoms with Gasteiger partial charge in [0.25, 0.3) is 11.8 Å². The standard InChI is InChI=1S/C38H46N4O2/c1-25-21-27(3)35(28(4)22-25)31-7-11-33(12-8-31)37(43)41-19-17-39-15-16-40-18-20-42-38(44)34-13-9-32(10-14-34)36-29(5)23-26(2)24-30(36)6/h7-14,21-24,39-40H,15-20H2,1-6H3,(H,41,43)(H,42,44). The number of carbonyl (C=O) groups is 2. The number of rotatable bonds is 13. The summed E-state index contributed by atoms with van der Waals surface area (Å²) in [5.74, 6) is -0.140. The molecule has 4 N–H and O–H groups in total. The van der Waals surface area contributed by atoms with Crippen molar-refractivity contribution in [2.24, 2.45) is 0 Å². The number of hydrogen-bond donors (Lipinski definition) is 4. The molecule has 0 heterocycles. The summed E-state index contributed by atoms with van der Waals surface area (Å²) in [5, 5.41) is 12.6. The molecule has 4 rings (SSSR count). The molecule has 0 fully saturated rings. The van der Waals surface area contributed by atoms with Gasteiger partial charge in [0.15, 0.2) is 0 Å². The van der Waals surface area contributed by atoms with Gasteiger partial charge in [-0.1, -0.05) is 59.7 Å². The Morgan fingerprint density at radius 2 is 0.750 bits per heavy atom. The summed E-state index contributed by atoms with van der Waals surface area (Å²) in [5.41, 5.74) is 13.5. The zero-order valence-corrected chi connectivity index (χ0v) is 27.0. The Balaban J connectivity index is 1.08. The third-order valence-corrected chi connectivity index (χ3v) is 7.88. The molecular formula is C38H46N4O2. The van der Waals surface area contributed by atoms with Crippen molar-refractivity contribution < 1.29 is 9.59 Å². The van der Waals surface area contributed by atoms with Gasteiger partial charge in [0.05, 0.1) is 0 Å². The second-order valence-electron chi connectivity index (χ2n) is 11.7. The molecule has 6 nitrogen and oxygen atoms in total. The minimum Gasteiger partial charge on any atom is -0.351 e. The van der Waals surface area contributed by atoms with Gasteiger partial charge in [-0.25, -0.2) is 0 Å². The predicted octanol–water partition coefficient (Wildman–Crippen LogP) is 6.21. The Hall–Kier alpha value is -4.26. The van der Waals surface area contributed by atoms with Gasteiger partial charge in [-0.15, -0.1) is 0 Å². The first-order valence-corrected chi connectivity index (χ1v) is 15.5. The number of amides is 2. The Kier molecular flexibility index (Phi) is 11.5. The molecule has 4 aromatic carbocycles. The van der Waals surface area contributed by atoms with Crippen molar-refractivity contribution in [1.29, 1.82) is 0 Å². The average molecular weight is 591 g/mol. The number of aryl methyl sites for hydroxylation is 6. The van der Waals surface area contributed by atoms with Gasteiger partial charge in [0.1, 0.15) is 0 Å². The largest absolute Gasteiger partial charge is 0.351 e. The SMILES string of the molecule is Cc1cc(C)c(-c2ccc(C(=O)NCCNCCNCCNC(=O)c3ccc(-c4c(C)cc(C)cc4C)cc3)cc2)c(C)c1. The van der Waals surface area contributed by atoms with Crippen molar-refractivity contribution in [3.63, 3.8) is 0 Å². The van der Waals surface area contributed by atoms with E-state index in [1.54, 1.807) is 0 Å². The Labute approximate surface area is 262 Å². The van der Waals surface area contributed by atoms with Gasteiger partial charge < -0.3 is 21.3 Å². The molecule has 2 amide bonds. The fraction of sp³-hybridized carbons (Fsp3) is 0.316. The summed E-state index contributed by atoms with van der Waals surface area (Å²) in [4.78, 5) is 25.1. The molecule has 6 heteroatoms. The highest BCUT2D eigenvalue weighted by Gasteiger charge is 2.11. The lowest BCUT2D eigenvalue weighted by atomic mass is 9.93. The molecule has 0 unspecified atom stereocenters. The van der Waals surface area contributed by atoms with Crippen LogP contribution in [0.2, 0.25) is 0 Å². The van der Waals surface area contributed by atoms with E-state index in [4.69, 9.17) is 0 Å². The van der Waals surface area contributed by atoms with E-state index >= 15 is 0 Å². The van der Waals surface area contributed by atoms with Gasteiger partial charge in [-0.3, -0.25) is 9.59 Å². The highest BCUT2D eigenvalue weighted by Crippen LogP contribution is 2.29. The molecule has 0 bridgehead atoms.